The number of aliphatic hydroxyl groups is 2. The second-order valence-electron chi connectivity index (χ2n) is 6.41. The molecule has 9 nitrogen and oxygen atoms in total. The van der Waals surface area contributed by atoms with Gasteiger partial charge in [0.05, 0.1) is 24.2 Å². The van der Waals surface area contributed by atoms with Gasteiger partial charge >= 0.3 is 6.09 Å². The topological polar surface area (TPSA) is 131 Å². The van der Waals surface area contributed by atoms with Crippen LogP contribution in [0.2, 0.25) is 0 Å². The van der Waals surface area contributed by atoms with Gasteiger partial charge in [0.25, 0.3) is 5.69 Å². The first kappa shape index (κ1) is 20.7. The Hall–Kier alpha value is -2.39. The van der Waals surface area contributed by atoms with E-state index in [1.54, 1.807) is 20.8 Å². The van der Waals surface area contributed by atoms with Crippen molar-refractivity contribution < 1.29 is 29.4 Å². The molecule has 0 saturated carbocycles. The molecular formula is C16H24N2O7. The Kier molecular flexibility index (Phi) is 7.13. The van der Waals surface area contributed by atoms with Crippen molar-refractivity contribution in [2.75, 3.05) is 13.7 Å². The number of carbonyl (C=O) groups is 1. The van der Waals surface area contributed by atoms with Gasteiger partial charge in [-0.2, -0.15) is 0 Å². The van der Waals surface area contributed by atoms with E-state index in [2.05, 4.69) is 5.32 Å². The predicted molar refractivity (Wildman–Crippen MR) is 89.5 cm³/mol. The summed E-state index contributed by atoms with van der Waals surface area (Å²) in [6.45, 7) is 5.27. The van der Waals surface area contributed by atoms with E-state index >= 15 is 0 Å². The summed E-state index contributed by atoms with van der Waals surface area (Å²) in [6.07, 6.45) is -3.09. The highest BCUT2D eigenvalue weighted by Crippen LogP contribution is 2.31. The van der Waals surface area contributed by atoms with Gasteiger partial charge in [0.2, 0.25) is 0 Å². The minimum Gasteiger partial charge on any atom is -0.496 e. The molecule has 25 heavy (non-hydrogen) atoms. The Morgan fingerprint density at radius 2 is 2.00 bits per heavy atom. The van der Waals surface area contributed by atoms with Gasteiger partial charge < -0.3 is 25.0 Å². The Morgan fingerprint density at radius 1 is 1.36 bits per heavy atom. The van der Waals surface area contributed by atoms with E-state index in [4.69, 9.17) is 9.47 Å². The number of benzene rings is 1. The summed E-state index contributed by atoms with van der Waals surface area (Å²) in [5, 5.41) is 33.6. The number of nitrogens with one attached hydrogen (secondary N) is 1. The second-order valence-corrected chi connectivity index (χ2v) is 6.41. The van der Waals surface area contributed by atoms with Crippen LogP contribution in [0.25, 0.3) is 0 Å². The van der Waals surface area contributed by atoms with Crippen LogP contribution in [0, 0.1) is 10.1 Å². The third-order valence-electron chi connectivity index (χ3n) is 3.22. The fraction of sp³-hybridized carbons (Fsp3) is 0.562. The van der Waals surface area contributed by atoms with E-state index in [0.717, 1.165) is 0 Å². The normalized spacial score (nSPS) is 13.7. The van der Waals surface area contributed by atoms with Crippen LogP contribution < -0.4 is 10.1 Å². The highest BCUT2D eigenvalue weighted by Gasteiger charge is 2.24. The van der Waals surface area contributed by atoms with Crippen LogP contribution in [0.5, 0.6) is 5.75 Å². The molecule has 0 aromatic heterocycles. The molecule has 1 aromatic rings. The third-order valence-corrected chi connectivity index (χ3v) is 3.22. The number of hydrogen-bond acceptors (Lipinski definition) is 7. The van der Waals surface area contributed by atoms with E-state index in [-0.39, 0.29) is 30.0 Å². The van der Waals surface area contributed by atoms with Crippen molar-refractivity contribution >= 4 is 11.8 Å². The first-order valence-electron chi connectivity index (χ1n) is 7.70. The highest BCUT2D eigenvalue weighted by molar-refractivity contribution is 5.67. The summed E-state index contributed by atoms with van der Waals surface area (Å²) in [5.74, 6) is 0.0980. The van der Waals surface area contributed by atoms with E-state index in [1.165, 1.54) is 25.3 Å². The number of aliphatic hydroxyl groups excluding tert-OH is 2. The standard InChI is InChI=1S/C16H24N2O7/c1-16(2,3)25-15(21)17-8-7-12(19)14(20)11-6-5-10(18(22)23)9-13(11)24-4/h5-6,9,12,14,19-20H,7-8H2,1-4H3,(H,17,21). The van der Waals surface area contributed by atoms with Crippen molar-refractivity contribution in [2.24, 2.45) is 0 Å². The molecule has 1 aromatic carbocycles. The number of alkyl carbamates (subject to hydrolysis) is 1. The number of nitro benzene ring substituents is 1. The van der Waals surface area contributed by atoms with Crippen molar-refractivity contribution in [1.29, 1.82) is 0 Å². The first-order valence-corrected chi connectivity index (χ1v) is 7.70. The Labute approximate surface area is 145 Å². The number of carbonyl (C=O) groups excluding carboxylic acids is 1. The molecule has 0 heterocycles. The molecule has 0 bridgehead atoms. The van der Waals surface area contributed by atoms with E-state index in [1.807, 2.05) is 0 Å². The van der Waals surface area contributed by atoms with Gasteiger partial charge in [0.15, 0.2) is 0 Å². The third kappa shape index (κ3) is 6.55. The largest absolute Gasteiger partial charge is 0.496 e. The van der Waals surface area contributed by atoms with Gasteiger partial charge in [-0.05, 0) is 33.3 Å². The van der Waals surface area contributed by atoms with Gasteiger partial charge in [-0.1, -0.05) is 0 Å². The number of nitrogens with zero attached hydrogens (tertiary/aromatic N) is 1. The van der Waals surface area contributed by atoms with Gasteiger partial charge in [0, 0.05) is 18.2 Å². The lowest BCUT2D eigenvalue weighted by molar-refractivity contribution is -0.385. The van der Waals surface area contributed by atoms with Gasteiger partial charge in [-0.3, -0.25) is 10.1 Å². The molecule has 0 aliphatic heterocycles. The van der Waals surface area contributed by atoms with Crippen LogP contribution in [0.1, 0.15) is 38.9 Å². The van der Waals surface area contributed by atoms with Gasteiger partial charge in [0.1, 0.15) is 17.5 Å². The molecule has 140 valence electrons. The first-order chi connectivity index (χ1) is 11.5. The molecule has 0 fully saturated rings. The van der Waals surface area contributed by atoms with Crippen molar-refractivity contribution in [3.05, 3.63) is 33.9 Å². The predicted octanol–water partition coefficient (Wildman–Crippen LogP) is 1.91. The molecule has 3 N–H and O–H groups in total. The maximum absolute atomic E-state index is 11.5. The maximum Gasteiger partial charge on any atom is 0.407 e. The zero-order chi connectivity index (χ0) is 19.2. The van der Waals surface area contributed by atoms with Crippen LogP contribution in [0.15, 0.2) is 18.2 Å². The summed E-state index contributed by atoms with van der Waals surface area (Å²) in [4.78, 5) is 21.7. The van der Waals surface area contributed by atoms with Crippen molar-refractivity contribution in [3.8, 4) is 5.75 Å². The summed E-state index contributed by atoms with van der Waals surface area (Å²) in [7, 11) is 1.31. The molecule has 0 aliphatic rings. The monoisotopic (exact) mass is 356 g/mol. The quantitative estimate of drug-likeness (QED) is 0.502. The van der Waals surface area contributed by atoms with Gasteiger partial charge in [-0.25, -0.2) is 4.79 Å². The lowest BCUT2D eigenvalue weighted by Crippen LogP contribution is -2.34. The number of hydrogen-bond donors (Lipinski definition) is 3. The number of rotatable bonds is 7. The molecule has 0 saturated heterocycles. The molecule has 9 heteroatoms. The van der Waals surface area contributed by atoms with E-state index in [0.29, 0.717) is 0 Å². The fourth-order valence-electron chi connectivity index (χ4n) is 2.06. The van der Waals surface area contributed by atoms with E-state index in [9.17, 15) is 25.1 Å². The minimum absolute atomic E-state index is 0.0561. The average molecular weight is 356 g/mol. The molecule has 2 atom stereocenters. The van der Waals surface area contributed by atoms with Crippen LogP contribution in [-0.2, 0) is 4.74 Å². The number of amides is 1. The molecule has 0 spiro atoms. The van der Waals surface area contributed by atoms with E-state index < -0.39 is 28.8 Å². The number of non-ortho nitro benzene ring substituents is 1. The van der Waals surface area contributed by atoms with Crippen molar-refractivity contribution in [3.63, 3.8) is 0 Å². The number of methoxy groups -OCH3 is 1. The van der Waals surface area contributed by atoms with Gasteiger partial charge in [-0.15, -0.1) is 0 Å². The Balaban J connectivity index is 2.66. The highest BCUT2D eigenvalue weighted by atomic mass is 16.6. The van der Waals surface area contributed by atoms with Crippen molar-refractivity contribution in [2.45, 2.75) is 45.0 Å². The smallest absolute Gasteiger partial charge is 0.407 e. The summed E-state index contributed by atoms with van der Waals surface area (Å²) in [5.41, 5.74) is -0.597. The van der Waals surface area contributed by atoms with Crippen molar-refractivity contribution in [1.82, 2.24) is 5.32 Å². The van der Waals surface area contributed by atoms with Crippen LogP contribution >= 0.6 is 0 Å². The second kappa shape index (κ2) is 8.63. The molecule has 2 unspecified atom stereocenters. The molecular weight excluding hydrogens is 332 g/mol. The molecule has 0 radical (unpaired) electrons. The average Bonchev–Trinajstić information content (AvgIpc) is 2.51. The molecule has 1 rings (SSSR count). The maximum atomic E-state index is 11.5. The lowest BCUT2D eigenvalue weighted by Gasteiger charge is -2.22. The number of nitro groups is 1. The zero-order valence-electron chi connectivity index (χ0n) is 14.7. The van der Waals surface area contributed by atoms with Crippen LogP contribution in [-0.4, -0.2) is 46.6 Å². The SMILES string of the molecule is COc1cc([N+](=O)[O-])ccc1C(O)C(O)CCNC(=O)OC(C)(C)C. The lowest BCUT2D eigenvalue weighted by atomic mass is 10.0. The summed E-state index contributed by atoms with van der Waals surface area (Å²) >= 11 is 0. The molecule has 0 aliphatic carbocycles. The Bertz CT molecular complexity index is 613. The minimum atomic E-state index is -1.32. The van der Waals surface area contributed by atoms with Crippen LogP contribution in [0.4, 0.5) is 10.5 Å². The Morgan fingerprint density at radius 3 is 2.52 bits per heavy atom. The summed E-state index contributed by atoms with van der Waals surface area (Å²) in [6, 6.07) is 3.71. The fourth-order valence-corrected chi connectivity index (χ4v) is 2.06. The number of ether oxygens (including phenoxy) is 2. The molecule has 1 amide bonds. The zero-order valence-corrected chi connectivity index (χ0v) is 14.7. The van der Waals surface area contributed by atoms with Crippen LogP contribution in [0.3, 0.4) is 0 Å². The summed E-state index contributed by atoms with van der Waals surface area (Å²) < 4.78 is 10.1.